The minimum atomic E-state index is -0.690. The minimum absolute atomic E-state index is 0.0156. The highest BCUT2D eigenvalue weighted by Gasteiger charge is 2.22. The zero-order valence-electron chi connectivity index (χ0n) is 23.2. The largest absolute Gasteiger partial charge is 0.493 e. The number of aromatic nitrogens is 4. The Morgan fingerprint density at radius 1 is 0.951 bits per heavy atom. The number of hydrogen-bond donors (Lipinski definition) is 1. The van der Waals surface area contributed by atoms with Gasteiger partial charge in [0.15, 0.2) is 22.9 Å². The summed E-state index contributed by atoms with van der Waals surface area (Å²) in [6, 6.07) is 11.1. The zero-order chi connectivity index (χ0) is 29.1. The molecule has 0 atom stereocenters. The van der Waals surface area contributed by atoms with Crippen LogP contribution >= 0.6 is 0 Å². The van der Waals surface area contributed by atoms with Gasteiger partial charge in [-0.15, -0.1) is 0 Å². The first-order valence-corrected chi connectivity index (χ1v) is 12.8. The molecule has 5 rings (SSSR count). The summed E-state index contributed by atoms with van der Waals surface area (Å²) in [6.07, 6.45) is 4.90. The second-order valence-corrected chi connectivity index (χ2v) is 9.01. The average molecular weight is 558 g/mol. The van der Waals surface area contributed by atoms with Crippen LogP contribution in [-0.4, -0.2) is 46.5 Å². The second-order valence-electron chi connectivity index (χ2n) is 9.01. The van der Waals surface area contributed by atoms with Crippen LogP contribution in [0.15, 0.2) is 61.1 Å². The fourth-order valence-corrected chi connectivity index (χ4v) is 4.43. The van der Waals surface area contributed by atoms with Gasteiger partial charge in [-0.05, 0) is 56.7 Å². The van der Waals surface area contributed by atoms with Crippen molar-refractivity contribution in [2.45, 2.75) is 20.8 Å². The van der Waals surface area contributed by atoms with E-state index in [0.29, 0.717) is 34.8 Å². The molecule has 10 nitrogen and oxygen atoms in total. The summed E-state index contributed by atoms with van der Waals surface area (Å²) in [6.45, 7) is 5.90. The molecule has 0 unspecified atom stereocenters. The van der Waals surface area contributed by atoms with E-state index >= 15 is 4.39 Å². The van der Waals surface area contributed by atoms with Crippen molar-refractivity contribution in [3.63, 3.8) is 0 Å². The quantitative estimate of drug-likeness (QED) is 0.234. The smallest absolute Gasteiger partial charge is 0.280 e. The van der Waals surface area contributed by atoms with Crippen molar-refractivity contribution in [2.75, 3.05) is 26.1 Å². The van der Waals surface area contributed by atoms with Gasteiger partial charge in [0.05, 0.1) is 49.6 Å². The highest BCUT2D eigenvalue weighted by molar-refractivity contribution is 6.04. The number of carbonyl (C=O) groups excluding carboxylic acids is 1. The molecule has 2 aromatic carbocycles. The Hall–Kier alpha value is -5.19. The molecule has 0 saturated heterocycles. The normalized spacial score (nSPS) is 10.9. The summed E-state index contributed by atoms with van der Waals surface area (Å²) < 4.78 is 39.1. The SMILES string of the molecule is CCOc1cn(-c2c(C)ccnc2C)nc1C(=O)Nc1ccc(Oc2ccnc3cc(OC)c(OC)cc23)cc1F. The van der Waals surface area contributed by atoms with E-state index in [0.717, 1.165) is 16.9 Å². The van der Waals surface area contributed by atoms with Crippen molar-refractivity contribution >= 4 is 22.5 Å². The van der Waals surface area contributed by atoms with Gasteiger partial charge in [-0.3, -0.25) is 14.8 Å². The third-order valence-corrected chi connectivity index (χ3v) is 6.36. The van der Waals surface area contributed by atoms with Gasteiger partial charge in [-0.2, -0.15) is 5.10 Å². The van der Waals surface area contributed by atoms with Crippen LogP contribution in [0.3, 0.4) is 0 Å². The molecule has 0 saturated carbocycles. The average Bonchev–Trinajstić information content (AvgIpc) is 3.37. The molecular formula is C30H28FN5O5. The molecule has 0 aliphatic rings. The van der Waals surface area contributed by atoms with Crippen LogP contribution in [0, 0.1) is 19.7 Å². The van der Waals surface area contributed by atoms with Crippen molar-refractivity contribution in [3.8, 4) is 34.4 Å². The number of methoxy groups -OCH3 is 2. The maximum atomic E-state index is 15.2. The number of hydrogen-bond acceptors (Lipinski definition) is 8. The Bertz CT molecular complexity index is 1730. The number of pyridine rings is 2. The lowest BCUT2D eigenvalue weighted by Crippen LogP contribution is -2.15. The molecule has 0 fully saturated rings. The van der Waals surface area contributed by atoms with Crippen LogP contribution in [0.1, 0.15) is 28.7 Å². The first-order valence-electron chi connectivity index (χ1n) is 12.8. The van der Waals surface area contributed by atoms with Crippen LogP contribution in [0.5, 0.6) is 28.7 Å². The van der Waals surface area contributed by atoms with E-state index in [9.17, 15) is 4.79 Å². The molecule has 0 bridgehead atoms. The summed E-state index contributed by atoms with van der Waals surface area (Å²) >= 11 is 0. The summed E-state index contributed by atoms with van der Waals surface area (Å²) in [5.41, 5.74) is 2.99. The van der Waals surface area contributed by atoms with Crippen LogP contribution in [-0.2, 0) is 0 Å². The van der Waals surface area contributed by atoms with Crippen molar-refractivity contribution in [1.82, 2.24) is 19.7 Å². The Morgan fingerprint density at radius 2 is 1.71 bits per heavy atom. The van der Waals surface area contributed by atoms with Gasteiger partial charge in [0.1, 0.15) is 17.3 Å². The number of aryl methyl sites for hydroxylation is 2. The molecule has 0 spiro atoms. The minimum Gasteiger partial charge on any atom is -0.493 e. The third kappa shape index (κ3) is 5.46. The molecule has 0 radical (unpaired) electrons. The number of benzene rings is 2. The van der Waals surface area contributed by atoms with Crippen LogP contribution < -0.4 is 24.3 Å². The fraction of sp³-hybridized carbons (Fsp3) is 0.200. The molecule has 0 aliphatic heterocycles. The van der Waals surface area contributed by atoms with Crippen LogP contribution in [0.4, 0.5) is 10.1 Å². The van der Waals surface area contributed by atoms with Crippen molar-refractivity contribution in [1.29, 1.82) is 0 Å². The summed E-state index contributed by atoms with van der Waals surface area (Å²) in [4.78, 5) is 21.9. The molecule has 3 heterocycles. The fourth-order valence-electron chi connectivity index (χ4n) is 4.43. The lowest BCUT2D eigenvalue weighted by Gasteiger charge is -2.13. The Morgan fingerprint density at radius 3 is 2.41 bits per heavy atom. The first kappa shape index (κ1) is 27.4. The van der Waals surface area contributed by atoms with Gasteiger partial charge < -0.3 is 24.3 Å². The number of carbonyl (C=O) groups is 1. The molecular weight excluding hydrogens is 529 g/mol. The van der Waals surface area contributed by atoms with Crippen molar-refractivity contribution in [3.05, 3.63) is 83.8 Å². The Balaban J connectivity index is 1.40. The molecule has 11 heteroatoms. The van der Waals surface area contributed by atoms with E-state index in [1.165, 1.54) is 19.2 Å². The van der Waals surface area contributed by atoms with Gasteiger partial charge in [0.25, 0.3) is 5.91 Å². The van der Waals surface area contributed by atoms with E-state index in [-0.39, 0.29) is 22.9 Å². The summed E-state index contributed by atoms with van der Waals surface area (Å²) in [7, 11) is 3.07. The predicted molar refractivity (Wildman–Crippen MR) is 151 cm³/mol. The zero-order valence-corrected chi connectivity index (χ0v) is 23.2. The number of amides is 1. The standard InChI is InChI=1S/C30H28FN5O5/c1-6-40-27-16-36(29-17(2)9-11-32-18(29)3)35-28(27)30(37)34-22-8-7-19(13-21(22)31)41-24-10-12-33-23-15-26(39-5)25(38-4)14-20(23)24/h7-16H,6H2,1-5H3,(H,34,37). The van der Waals surface area contributed by atoms with Gasteiger partial charge in [0.2, 0.25) is 0 Å². The highest BCUT2D eigenvalue weighted by Crippen LogP contribution is 2.37. The number of rotatable bonds is 9. The molecule has 3 aromatic heterocycles. The molecule has 1 amide bonds. The van der Waals surface area contributed by atoms with E-state index in [4.69, 9.17) is 18.9 Å². The molecule has 0 aliphatic carbocycles. The second kappa shape index (κ2) is 11.5. The van der Waals surface area contributed by atoms with Gasteiger partial charge in [-0.1, -0.05) is 0 Å². The number of halogens is 1. The topological polar surface area (TPSA) is 110 Å². The van der Waals surface area contributed by atoms with Crippen molar-refractivity contribution < 1.29 is 28.1 Å². The predicted octanol–water partition coefficient (Wildman–Crippen LogP) is 6.03. The monoisotopic (exact) mass is 557 g/mol. The summed E-state index contributed by atoms with van der Waals surface area (Å²) in [5.74, 6) is 0.655. The van der Waals surface area contributed by atoms with E-state index in [2.05, 4.69) is 20.4 Å². The van der Waals surface area contributed by atoms with E-state index in [1.807, 2.05) is 19.9 Å². The molecule has 41 heavy (non-hydrogen) atoms. The van der Waals surface area contributed by atoms with Gasteiger partial charge in [-0.25, -0.2) is 9.07 Å². The number of anilines is 1. The summed E-state index contributed by atoms with van der Waals surface area (Å²) in [5, 5.41) is 7.68. The third-order valence-electron chi connectivity index (χ3n) is 6.36. The van der Waals surface area contributed by atoms with E-state index < -0.39 is 11.7 Å². The maximum absolute atomic E-state index is 15.2. The Kier molecular flexibility index (Phi) is 7.68. The van der Waals surface area contributed by atoms with Gasteiger partial charge in [0, 0.05) is 29.9 Å². The molecule has 210 valence electrons. The van der Waals surface area contributed by atoms with Crippen LogP contribution in [0.2, 0.25) is 0 Å². The van der Waals surface area contributed by atoms with Crippen LogP contribution in [0.25, 0.3) is 16.6 Å². The van der Waals surface area contributed by atoms with Crippen molar-refractivity contribution in [2.24, 2.45) is 0 Å². The number of nitrogens with one attached hydrogen (secondary N) is 1. The lowest BCUT2D eigenvalue weighted by molar-refractivity contribution is 0.101. The van der Waals surface area contributed by atoms with E-state index in [1.54, 1.807) is 61.6 Å². The first-order chi connectivity index (χ1) is 19.8. The highest BCUT2D eigenvalue weighted by atomic mass is 19.1. The van der Waals surface area contributed by atoms with Gasteiger partial charge >= 0.3 is 0 Å². The Labute approximate surface area is 235 Å². The molecule has 5 aromatic rings. The maximum Gasteiger partial charge on any atom is 0.280 e. The molecule has 1 N–H and O–H groups in total. The lowest BCUT2D eigenvalue weighted by atomic mass is 10.2. The number of fused-ring (bicyclic) bond motifs is 1. The number of ether oxygens (including phenoxy) is 4. The number of nitrogens with zero attached hydrogens (tertiary/aromatic N) is 4.